The molecule has 2 heterocycles. The van der Waals surface area contributed by atoms with Crippen molar-refractivity contribution in [3.05, 3.63) is 77.2 Å². The van der Waals surface area contributed by atoms with Crippen LogP contribution in [0.2, 0.25) is 0 Å². The van der Waals surface area contributed by atoms with Crippen molar-refractivity contribution in [1.82, 2.24) is 14.8 Å². The number of amides is 1. The summed E-state index contributed by atoms with van der Waals surface area (Å²) < 4.78 is 45.2. The van der Waals surface area contributed by atoms with Crippen LogP contribution in [-0.2, 0) is 6.18 Å². The first-order chi connectivity index (χ1) is 15.3. The van der Waals surface area contributed by atoms with E-state index < -0.39 is 17.6 Å². The van der Waals surface area contributed by atoms with E-state index in [0.717, 1.165) is 29.1 Å². The minimum atomic E-state index is -4.45. The molecule has 164 valence electrons. The van der Waals surface area contributed by atoms with Crippen molar-refractivity contribution in [3.8, 4) is 22.4 Å². The molecular formula is C22H17F3N4O2S. The van der Waals surface area contributed by atoms with Gasteiger partial charge >= 0.3 is 12.2 Å². The number of hydrogen-bond acceptors (Lipinski definition) is 5. The lowest BCUT2D eigenvalue weighted by atomic mass is 10.1. The number of carbonyl (C=O) groups is 1. The molecule has 0 spiro atoms. The molecule has 6 nitrogen and oxygen atoms in total. The van der Waals surface area contributed by atoms with Crippen molar-refractivity contribution in [2.45, 2.75) is 13.1 Å². The molecule has 10 heteroatoms. The fourth-order valence-corrected chi connectivity index (χ4v) is 3.63. The van der Waals surface area contributed by atoms with Crippen LogP contribution in [0.1, 0.15) is 22.8 Å². The molecule has 0 aliphatic heterocycles. The van der Waals surface area contributed by atoms with Gasteiger partial charge < -0.3 is 10.1 Å². The normalized spacial score (nSPS) is 11.4. The van der Waals surface area contributed by atoms with Crippen LogP contribution < -0.4 is 10.1 Å². The van der Waals surface area contributed by atoms with E-state index in [-0.39, 0.29) is 11.6 Å². The van der Waals surface area contributed by atoms with Gasteiger partial charge in [-0.1, -0.05) is 6.07 Å². The predicted octanol–water partition coefficient (Wildman–Crippen LogP) is 5.67. The summed E-state index contributed by atoms with van der Waals surface area (Å²) in [4.78, 5) is 17.7. The van der Waals surface area contributed by atoms with Crippen molar-refractivity contribution in [2.24, 2.45) is 0 Å². The summed E-state index contributed by atoms with van der Waals surface area (Å²) in [6, 6.07) is 15.0. The molecule has 0 saturated heterocycles. The Bertz CT molecular complexity index is 1200. The molecule has 0 unspecified atom stereocenters. The first-order valence-corrected chi connectivity index (χ1v) is 10.5. The second-order valence-electron chi connectivity index (χ2n) is 6.62. The standard InChI is InChI=1S/C22H17F3N4O2S/c1-2-31-21-27-19(18-4-3-13-32-18)29(28-21)17-11-9-16(10-12-17)26-20(30)14-5-7-15(8-6-14)22(23,24)25/h3-13H,2H2,1H3,(H,26,30). The van der Waals surface area contributed by atoms with Crippen LogP contribution in [0, 0.1) is 0 Å². The topological polar surface area (TPSA) is 69.0 Å². The monoisotopic (exact) mass is 458 g/mol. The summed E-state index contributed by atoms with van der Waals surface area (Å²) in [7, 11) is 0. The van der Waals surface area contributed by atoms with Crippen molar-refractivity contribution >= 4 is 22.9 Å². The maximum Gasteiger partial charge on any atom is 0.416 e. The number of aromatic nitrogens is 3. The van der Waals surface area contributed by atoms with Crippen LogP contribution in [-0.4, -0.2) is 27.3 Å². The summed E-state index contributed by atoms with van der Waals surface area (Å²) in [6.45, 7) is 2.28. The molecule has 0 aliphatic carbocycles. The molecule has 4 rings (SSSR count). The van der Waals surface area contributed by atoms with E-state index in [0.29, 0.717) is 23.8 Å². The number of hydrogen-bond donors (Lipinski definition) is 1. The quantitative estimate of drug-likeness (QED) is 0.405. The van der Waals surface area contributed by atoms with Crippen molar-refractivity contribution in [2.75, 3.05) is 11.9 Å². The van der Waals surface area contributed by atoms with Crippen LogP contribution in [0.25, 0.3) is 16.4 Å². The number of rotatable bonds is 6. The van der Waals surface area contributed by atoms with Gasteiger partial charge in [0, 0.05) is 11.3 Å². The van der Waals surface area contributed by atoms with Crippen LogP contribution in [0.4, 0.5) is 18.9 Å². The number of thiophene rings is 1. The zero-order valence-corrected chi connectivity index (χ0v) is 17.6. The Balaban J connectivity index is 1.53. The van der Waals surface area contributed by atoms with Gasteiger partial charge in [0.1, 0.15) is 0 Å². The Morgan fingerprint density at radius 2 is 1.81 bits per heavy atom. The summed E-state index contributed by atoms with van der Waals surface area (Å²) in [5, 5.41) is 9.02. The largest absolute Gasteiger partial charge is 0.463 e. The molecule has 2 aromatic carbocycles. The van der Waals surface area contributed by atoms with Crippen molar-refractivity contribution in [3.63, 3.8) is 0 Å². The second kappa shape index (κ2) is 8.83. The average Bonchev–Trinajstić information content (AvgIpc) is 3.44. The fourth-order valence-electron chi connectivity index (χ4n) is 2.93. The summed E-state index contributed by atoms with van der Waals surface area (Å²) in [5.41, 5.74) is 0.514. The van der Waals surface area contributed by atoms with Crippen LogP contribution in [0.3, 0.4) is 0 Å². The molecule has 4 aromatic rings. The van der Waals surface area contributed by atoms with Crippen LogP contribution in [0.15, 0.2) is 66.0 Å². The summed E-state index contributed by atoms with van der Waals surface area (Å²) >= 11 is 1.52. The van der Waals surface area contributed by atoms with Gasteiger partial charge in [0.15, 0.2) is 5.82 Å². The lowest BCUT2D eigenvalue weighted by molar-refractivity contribution is -0.137. The Kier molecular flexibility index (Phi) is 5.95. The predicted molar refractivity (Wildman–Crippen MR) is 115 cm³/mol. The minimum Gasteiger partial charge on any atom is -0.463 e. The highest BCUT2D eigenvalue weighted by atomic mass is 32.1. The minimum absolute atomic E-state index is 0.125. The Hall–Kier alpha value is -3.66. The molecule has 1 N–H and O–H groups in total. The van der Waals surface area contributed by atoms with Crippen LogP contribution >= 0.6 is 11.3 Å². The molecule has 0 radical (unpaired) electrons. The number of anilines is 1. The van der Waals surface area contributed by atoms with Gasteiger partial charge in [-0.05, 0) is 66.9 Å². The zero-order valence-electron chi connectivity index (χ0n) is 16.8. The Morgan fingerprint density at radius 3 is 2.41 bits per heavy atom. The van der Waals surface area contributed by atoms with Gasteiger partial charge in [0.2, 0.25) is 0 Å². The lowest BCUT2D eigenvalue weighted by Gasteiger charge is -2.09. The number of halogens is 3. The molecule has 2 aromatic heterocycles. The molecule has 0 aliphatic rings. The number of carbonyl (C=O) groups excluding carboxylic acids is 1. The first-order valence-electron chi connectivity index (χ1n) is 9.58. The average molecular weight is 458 g/mol. The smallest absolute Gasteiger partial charge is 0.416 e. The Morgan fingerprint density at radius 1 is 1.09 bits per heavy atom. The van der Waals surface area contributed by atoms with E-state index in [1.807, 2.05) is 24.4 Å². The highest BCUT2D eigenvalue weighted by molar-refractivity contribution is 7.13. The van der Waals surface area contributed by atoms with Crippen molar-refractivity contribution in [1.29, 1.82) is 0 Å². The molecule has 0 saturated carbocycles. The number of nitrogens with one attached hydrogen (secondary N) is 1. The van der Waals surface area contributed by atoms with Gasteiger partial charge in [-0.3, -0.25) is 4.79 Å². The summed E-state index contributed by atoms with van der Waals surface area (Å²) in [5.74, 6) is 0.120. The van der Waals surface area contributed by atoms with Gasteiger partial charge in [-0.25, -0.2) is 4.68 Å². The molecule has 0 bridgehead atoms. The third-order valence-corrected chi connectivity index (χ3v) is 5.31. The number of benzene rings is 2. The molecule has 1 amide bonds. The maximum atomic E-state index is 12.7. The zero-order chi connectivity index (χ0) is 22.7. The first kappa shape index (κ1) is 21.6. The van der Waals surface area contributed by atoms with Gasteiger partial charge in [0.05, 0.1) is 22.7 Å². The van der Waals surface area contributed by atoms with Gasteiger partial charge in [-0.2, -0.15) is 18.2 Å². The fraction of sp³-hybridized carbons (Fsp3) is 0.136. The number of ether oxygens (including phenoxy) is 1. The van der Waals surface area contributed by atoms with E-state index in [1.165, 1.54) is 11.3 Å². The highest BCUT2D eigenvalue weighted by Crippen LogP contribution is 2.30. The van der Waals surface area contributed by atoms with Gasteiger partial charge in [0.25, 0.3) is 5.91 Å². The number of alkyl halides is 3. The van der Waals surface area contributed by atoms with Crippen molar-refractivity contribution < 1.29 is 22.7 Å². The molecule has 0 atom stereocenters. The maximum absolute atomic E-state index is 12.7. The third-order valence-electron chi connectivity index (χ3n) is 4.45. The van der Waals surface area contributed by atoms with E-state index >= 15 is 0 Å². The SMILES string of the molecule is CCOc1nc(-c2cccs2)n(-c2ccc(NC(=O)c3ccc(C(F)(F)F)cc3)cc2)n1. The Labute approximate surface area is 185 Å². The van der Waals surface area contributed by atoms with E-state index in [4.69, 9.17) is 4.74 Å². The molecular weight excluding hydrogens is 441 g/mol. The lowest BCUT2D eigenvalue weighted by Crippen LogP contribution is -2.13. The third kappa shape index (κ3) is 4.65. The van der Waals surface area contributed by atoms with Crippen LogP contribution in [0.5, 0.6) is 6.01 Å². The second-order valence-corrected chi connectivity index (χ2v) is 7.56. The van der Waals surface area contributed by atoms with E-state index in [1.54, 1.807) is 28.9 Å². The van der Waals surface area contributed by atoms with E-state index in [2.05, 4.69) is 15.4 Å². The molecule has 32 heavy (non-hydrogen) atoms. The number of nitrogens with zero attached hydrogens (tertiary/aromatic N) is 3. The summed E-state index contributed by atoms with van der Waals surface area (Å²) in [6.07, 6.45) is -4.45. The highest BCUT2D eigenvalue weighted by Gasteiger charge is 2.30. The van der Waals surface area contributed by atoms with E-state index in [9.17, 15) is 18.0 Å². The molecule has 0 fully saturated rings. The van der Waals surface area contributed by atoms with Gasteiger partial charge in [-0.15, -0.1) is 16.4 Å².